The molecule has 0 saturated heterocycles. The van der Waals surface area contributed by atoms with Crippen LogP contribution in [0.5, 0.6) is 0 Å². The Morgan fingerprint density at radius 1 is 1.21 bits per heavy atom. The van der Waals surface area contributed by atoms with E-state index >= 15 is 0 Å². The van der Waals surface area contributed by atoms with Gasteiger partial charge < -0.3 is 10.3 Å². The van der Waals surface area contributed by atoms with Crippen LogP contribution in [0.3, 0.4) is 0 Å². The first kappa shape index (κ1) is 16.3. The molecule has 0 fully saturated rings. The number of nitrogen functional groups attached to an aromatic ring is 1. The van der Waals surface area contributed by atoms with Crippen molar-refractivity contribution < 1.29 is 0 Å². The van der Waals surface area contributed by atoms with Crippen LogP contribution in [0.15, 0.2) is 24.3 Å². The molecule has 3 aromatic rings. The fourth-order valence-corrected chi connectivity index (χ4v) is 3.19. The number of unbranched alkanes of at least 4 members (excludes halogenated alkanes) is 1. The highest BCUT2D eigenvalue weighted by atomic mass is 15.1. The highest BCUT2D eigenvalue weighted by molar-refractivity contribution is 5.92. The highest BCUT2D eigenvalue weighted by Gasteiger charge is 2.20. The van der Waals surface area contributed by atoms with E-state index in [0.29, 0.717) is 22.8 Å². The Morgan fingerprint density at radius 2 is 1.92 bits per heavy atom. The molecular formula is C19H23N5. The van der Waals surface area contributed by atoms with Crippen LogP contribution in [-0.2, 0) is 6.54 Å². The monoisotopic (exact) mass is 321 g/mol. The normalized spacial score (nSPS) is 12.5. The van der Waals surface area contributed by atoms with Crippen LogP contribution >= 0.6 is 0 Å². The molecule has 0 bridgehead atoms. The molecule has 0 amide bonds. The van der Waals surface area contributed by atoms with E-state index in [1.807, 2.05) is 28.8 Å². The molecule has 124 valence electrons. The molecule has 0 aliphatic heterocycles. The minimum absolute atomic E-state index is 0.439. The van der Waals surface area contributed by atoms with Crippen LogP contribution in [0.4, 0.5) is 5.82 Å². The fraction of sp³-hybridized carbons (Fsp3) is 0.421. The smallest absolute Gasteiger partial charge is 0.162 e. The lowest BCUT2D eigenvalue weighted by atomic mass is 9.99. The van der Waals surface area contributed by atoms with E-state index in [1.54, 1.807) is 0 Å². The quantitative estimate of drug-likeness (QED) is 0.735. The number of para-hydroxylation sites is 2. The minimum atomic E-state index is 0.439. The number of rotatable bonds is 6. The van der Waals surface area contributed by atoms with Crippen molar-refractivity contribution in [2.24, 2.45) is 5.92 Å². The molecule has 3 rings (SSSR count). The first-order chi connectivity index (χ1) is 11.7. The predicted molar refractivity (Wildman–Crippen MR) is 97.5 cm³/mol. The van der Waals surface area contributed by atoms with Gasteiger partial charge in [0, 0.05) is 6.54 Å². The Hall–Kier alpha value is -2.61. The van der Waals surface area contributed by atoms with E-state index in [-0.39, 0.29) is 0 Å². The Bertz CT molecular complexity index is 903. The van der Waals surface area contributed by atoms with Crippen molar-refractivity contribution >= 4 is 28.0 Å². The summed E-state index contributed by atoms with van der Waals surface area (Å²) in [5.41, 5.74) is 9.67. The summed E-state index contributed by atoms with van der Waals surface area (Å²) in [5.74, 6) is 1.01. The molecule has 1 atom stereocenters. The molecule has 5 heteroatoms. The zero-order valence-corrected chi connectivity index (χ0v) is 14.3. The second-order valence-electron chi connectivity index (χ2n) is 6.28. The Balaban J connectivity index is 2.14. The number of hydrogen-bond acceptors (Lipinski definition) is 4. The maximum Gasteiger partial charge on any atom is 0.162 e. The van der Waals surface area contributed by atoms with Crippen molar-refractivity contribution in [1.82, 2.24) is 14.5 Å². The summed E-state index contributed by atoms with van der Waals surface area (Å²) in [6.07, 6.45) is 4.64. The van der Waals surface area contributed by atoms with Crippen molar-refractivity contribution in [2.75, 3.05) is 5.73 Å². The lowest BCUT2D eigenvalue weighted by molar-refractivity contribution is 0.397. The van der Waals surface area contributed by atoms with Crippen LogP contribution in [0.1, 0.15) is 45.1 Å². The number of nitrogens with two attached hydrogens (primary N) is 1. The molecule has 2 aromatic heterocycles. The maximum atomic E-state index is 9.52. The van der Waals surface area contributed by atoms with Crippen LogP contribution in [-0.4, -0.2) is 14.5 Å². The highest BCUT2D eigenvalue weighted by Crippen LogP contribution is 2.29. The van der Waals surface area contributed by atoms with Crippen molar-refractivity contribution in [3.8, 4) is 6.07 Å². The summed E-state index contributed by atoms with van der Waals surface area (Å²) < 4.78 is 1.98. The van der Waals surface area contributed by atoms with Crippen molar-refractivity contribution in [1.29, 1.82) is 5.26 Å². The van der Waals surface area contributed by atoms with E-state index in [0.717, 1.165) is 36.1 Å². The number of hydrogen-bond donors (Lipinski definition) is 1. The Morgan fingerprint density at radius 3 is 2.54 bits per heavy atom. The molecule has 0 saturated carbocycles. The van der Waals surface area contributed by atoms with Gasteiger partial charge in [0.2, 0.25) is 0 Å². The Labute approximate surface area is 142 Å². The van der Waals surface area contributed by atoms with Gasteiger partial charge in [-0.3, -0.25) is 0 Å². The van der Waals surface area contributed by atoms with Gasteiger partial charge in [0.05, 0.1) is 11.0 Å². The number of nitrogens with zero attached hydrogens (tertiary/aromatic N) is 4. The first-order valence-electron chi connectivity index (χ1n) is 8.64. The van der Waals surface area contributed by atoms with Crippen LogP contribution in [0.25, 0.3) is 22.2 Å². The largest absolute Gasteiger partial charge is 0.384 e. The summed E-state index contributed by atoms with van der Waals surface area (Å²) in [4.78, 5) is 9.38. The molecule has 2 N–H and O–H groups in total. The second kappa shape index (κ2) is 6.88. The van der Waals surface area contributed by atoms with Crippen LogP contribution in [0.2, 0.25) is 0 Å². The molecule has 0 unspecified atom stereocenters. The molecule has 2 heterocycles. The van der Waals surface area contributed by atoms with E-state index in [4.69, 9.17) is 10.7 Å². The average Bonchev–Trinajstić information content (AvgIpc) is 2.86. The van der Waals surface area contributed by atoms with Crippen LogP contribution < -0.4 is 5.73 Å². The maximum absolute atomic E-state index is 9.52. The SMILES string of the molecule is CCCC[C@@H](CC)Cn1c(N)c(C#N)c2nc3ccccc3nc21. The van der Waals surface area contributed by atoms with E-state index in [2.05, 4.69) is 24.9 Å². The van der Waals surface area contributed by atoms with Crippen molar-refractivity contribution in [3.63, 3.8) is 0 Å². The second-order valence-corrected chi connectivity index (χ2v) is 6.28. The van der Waals surface area contributed by atoms with Gasteiger partial charge >= 0.3 is 0 Å². The number of benzene rings is 1. The van der Waals surface area contributed by atoms with Crippen molar-refractivity contribution in [2.45, 2.75) is 46.1 Å². The molecule has 5 nitrogen and oxygen atoms in total. The summed E-state index contributed by atoms with van der Waals surface area (Å²) in [6.45, 7) is 5.19. The first-order valence-corrected chi connectivity index (χ1v) is 8.64. The third-order valence-corrected chi connectivity index (χ3v) is 4.69. The molecule has 0 radical (unpaired) electrons. The third kappa shape index (κ3) is 2.80. The Kier molecular flexibility index (Phi) is 4.66. The summed E-state index contributed by atoms with van der Waals surface area (Å²) >= 11 is 0. The molecular weight excluding hydrogens is 298 g/mol. The molecule has 1 aromatic carbocycles. The van der Waals surface area contributed by atoms with Gasteiger partial charge in [0.15, 0.2) is 5.65 Å². The topological polar surface area (TPSA) is 80.5 Å². The number of anilines is 1. The average molecular weight is 321 g/mol. The fourth-order valence-electron chi connectivity index (χ4n) is 3.19. The molecule has 24 heavy (non-hydrogen) atoms. The molecule has 0 aliphatic carbocycles. The molecule has 0 aliphatic rings. The van der Waals surface area contributed by atoms with E-state index < -0.39 is 0 Å². The minimum Gasteiger partial charge on any atom is -0.384 e. The predicted octanol–water partition coefficient (Wildman–Crippen LogP) is 4.25. The third-order valence-electron chi connectivity index (χ3n) is 4.69. The van der Waals surface area contributed by atoms with E-state index in [1.165, 1.54) is 12.8 Å². The lowest BCUT2D eigenvalue weighted by Gasteiger charge is -2.17. The zero-order chi connectivity index (χ0) is 17.1. The van der Waals surface area contributed by atoms with Crippen LogP contribution in [0, 0.1) is 17.2 Å². The lowest BCUT2D eigenvalue weighted by Crippen LogP contribution is -2.13. The van der Waals surface area contributed by atoms with Gasteiger partial charge in [0.1, 0.15) is 23.0 Å². The van der Waals surface area contributed by atoms with E-state index in [9.17, 15) is 5.26 Å². The zero-order valence-electron chi connectivity index (χ0n) is 14.3. The number of aromatic nitrogens is 3. The summed E-state index contributed by atoms with van der Waals surface area (Å²) in [6, 6.07) is 9.93. The summed E-state index contributed by atoms with van der Waals surface area (Å²) in [7, 11) is 0. The van der Waals surface area contributed by atoms with Gasteiger partial charge in [-0.2, -0.15) is 5.26 Å². The standard InChI is InChI=1S/C19H23N5/c1-3-5-8-13(4-2)12-24-18(21)14(11-20)17-19(24)23-16-10-7-6-9-15(16)22-17/h6-7,9-10,13H,3-5,8,12,21H2,1-2H3/t13-/m1/s1. The van der Waals surface area contributed by atoms with Gasteiger partial charge in [-0.05, 0) is 24.5 Å². The van der Waals surface area contributed by atoms with Gasteiger partial charge in [-0.1, -0.05) is 45.2 Å². The van der Waals surface area contributed by atoms with Crippen molar-refractivity contribution in [3.05, 3.63) is 29.8 Å². The number of nitriles is 1. The summed E-state index contributed by atoms with van der Waals surface area (Å²) in [5, 5.41) is 9.52. The number of fused-ring (bicyclic) bond motifs is 2. The molecule has 0 spiro atoms. The van der Waals surface area contributed by atoms with Gasteiger partial charge in [-0.25, -0.2) is 9.97 Å². The van der Waals surface area contributed by atoms with Gasteiger partial charge in [0.25, 0.3) is 0 Å². The van der Waals surface area contributed by atoms with Gasteiger partial charge in [-0.15, -0.1) is 0 Å².